The summed E-state index contributed by atoms with van der Waals surface area (Å²) >= 11 is 0. The van der Waals surface area contributed by atoms with Gasteiger partial charge >= 0.3 is 12.0 Å². The maximum absolute atomic E-state index is 13.6. The standard InChI is InChI=1S/C19H17FN2O3/c1-12-16(18(23)25-11-13-6-3-2-4-7-13)17(22-19(24)21-12)14-8-5-9-15(20)10-14/h2-10,17H,11H2,1H3,(H2,21,22,24)/t17-/m1/s1. The highest BCUT2D eigenvalue weighted by molar-refractivity contribution is 5.95. The molecule has 1 aliphatic heterocycles. The van der Waals surface area contributed by atoms with E-state index in [1.807, 2.05) is 30.3 Å². The van der Waals surface area contributed by atoms with Crippen LogP contribution in [0.15, 0.2) is 65.9 Å². The van der Waals surface area contributed by atoms with E-state index in [0.29, 0.717) is 11.3 Å². The highest BCUT2D eigenvalue weighted by atomic mass is 19.1. The summed E-state index contributed by atoms with van der Waals surface area (Å²) in [4.78, 5) is 24.4. The Hall–Kier alpha value is -3.15. The molecule has 1 heterocycles. The van der Waals surface area contributed by atoms with E-state index in [1.54, 1.807) is 13.0 Å². The zero-order valence-corrected chi connectivity index (χ0v) is 13.6. The molecular weight excluding hydrogens is 323 g/mol. The van der Waals surface area contributed by atoms with Crippen LogP contribution in [-0.4, -0.2) is 12.0 Å². The predicted octanol–water partition coefficient (Wildman–Crippen LogP) is 3.20. The van der Waals surface area contributed by atoms with Gasteiger partial charge in [0.05, 0.1) is 11.6 Å². The van der Waals surface area contributed by atoms with E-state index < -0.39 is 23.9 Å². The zero-order chi connectivity index (χ0) is 17.8. The van der Waals surface area contributed by atoms with Gasteiger partial charge in [0.2, 0.25) is 0 Å². The van der Waals surface area contributed by atoms with Crippen molar-refractivity contribution in [3.8, 4) is 0 Å². The number of hydrogen-bond acceptors (Lipinski definition) is 3. The van der Waals surface area contributed by atoms with Crippen molar-refractivity contribution in [2.45, 2.75) is 19.6 Å². The first-order valence-corrected chi connectivity index (χ1v) is 7.79. The molecule has 0 radical (unpaired) electrons. The van der Waals surface area contributed by atoms with Crippen molar-refractivity contribution >= 4 is 12.0 Å². The van der Waals surface area contributed by atoms with Gasteiger partial charge in [0.25, 0.3) is 0 Å². The number of hydrogen-bond donors (Lipinski definition) is 2. The summed E-state index contributed by atoms with van der Waals surface area (Å²) in [6.07, 6.45) is 0. The number of amides is 2. The Labute approximate surface area is 144 Å². The average molecular weight is 340 g/mol. The highest BCUT2D eigenvalue weighted by Gasteiger charge is 2.32. The molecule has 25 heavy (non-hydrogen) atoms. The molecule has 2 amide bonds. The highest BCUT2D eigenvalue weighted by Crippen LogP contribution is 2.28. The van der Waals surface area contributed by atoms with Crippen LogP contribution in [0.5, 0.6) is 0 Å². The molecular formula is C19H17FN2O3. The molecule has 0 aromatic heterocycles. The van der Waals surface area contributed by atoms with Crippen molar-refractivity contribution in [2.75, 3.05) is 0 Å². The Balaban J connectivity index is 1.85. The molecule has 2 aromatic carbocycles. The number of benzene rings is 2. The van der Waals surface area contributed by atoms with Crippen LogP contribution in [0.25, 0.3) is 0 Å². The van der Waals surface area contributed by atoms with Crippen LogP contribution < -0.4 is 10.6 Å². The van der Waals surface area contributed by atoms with Gasteiger partial charge in [-0.3, -0.25) is 0 Å². The minimum absolute atomic E-state index is 0.111. The second kappa shape index (κ2) is 7.17. The van der Waals surface area contributed by atoms with Gasteiger partial charge in [-0.05, 0) is 30.2 Å². The van der Waals surface area contributed by atoms with E-state index in [4.69, 9.17) is 4.74 Å². The lowest BCUT2D eigenvalue weighted by molar-refractivity contribution is -0.140. The van der Waals surface area contributed by atoms with Crippen molar-refractivity contribution in [1.29, 1.82) is 0 Å². The molecule has 3 rings (SSSR count). The third-order valence-corrected chi connectivity index (χ3v) is 3.88. The lowest BCUT2D eigenvalue weighted by atomic mass is 9.95. The van der Waals surface area contributed by atoms with Crippen LogP contribution >= 0.6 is 0 Å². The fourth-order valence-electron chi connectivity index (χ4n) is 2.70. The van der Waals surface area contributed by atoms with E-state index in [9.17, 15) is 14.0 Å². The number of esters is 1. The molecule has 0 bridgehead atoms. The Kier molecular flexibility index (Phi) is 4.79. The first kappa shape index (κ1) is 16.7. The summed E-state index contributed by atoms with van der Waals surface area (Å²) in [5.74, 6) is -1.01. The molecule has 2 N–H and O–H groups in total. The number of urea groups is 1. The smallest absolute Gasteiger partial charge is 0.338 e. The number of carbonyl (C=O) groups excluding carboxylic acids is 2. The summed E-state index contributed by atoms with van der Waals surface area (Å²) in [5.41, 5.74) is 1.96. The fraction of sp³-hybridized carbons (Fsp3) is 0.158. The van der Waals surface area contributed by atoms with Gasteiger partial charge in [0.1, 0.15) is 12.4 Å². The van der Waals surface area contributed by atoms with Gasteiger partial charge in [-0.15, -0.1) is 0 Å². The minimum Gasteiger partial charge on any atom is -0.457 e. The molecule has 6 heteroatoms. The summed E-state index contributed by atoms with van der Waals surface area (Å²) in [6.45, 7) is 1.73. The second-order valence-electron chi connectivity index (χ2n) is 5.69. The Morgan fingerprint density at radius 1 is 1.16 bits per heavy atom. The van der Waals surface area contributed by atoms with E-state index in [0.717, 1.165) is 5.56 Å². The molecule has 128 valence electrons. The van der Waals surface area contributed by atoms with Crippen molar-refractivity contribution in [1.82, 2.24) is 10.6 Å². The summed E-state index contributed by atoms with van der Waals surface area (Å²) in [5, 5.41) is 5.20. The van der Waals surface area contributed by atoms with Crippen LogP contribution in [0.1, 0.15) is 24.1 Å². The largest absolute Gasteiger partial charge is 0.457 e. The molecule has 0 fully saturated rings. The van der Waals surface area contributed by atoms with Crippen LogP contribution in [0, 0.1) is 5.82 Å². The van der Waals surface area contributed by atoms with Gasteiger partial charge in [-0.1, -0.05) is 42.5 Å². The normalized spacial score (nSPS) is 16.9. The lowest BCUT2D eigenvalue weighted by Gasteiger charge is -2.28. The SMILES string of the molecule is CC1=C(C(=O)OCc2ccccc2)[C@@H](c2cccc(F)c2)NC(=O)N1. The van der Waals surface area contributed by atoms with E-state index >= 15 is 0 Å². The second-order valence-corrected chi connectivity index (χ2v) is 5.69. The molecule has 2 aromatic rings. The van der Waals surface area contributed by atoms with E-state index in [-0.39, 0.29) is 12.2 Å². The number of halogens is 1. The van der Waals surface area contributed by atoms with Crippen molar-refractivity contribution in [3.63, 3.8) is 0 Å². The third-order valence-electron chi connectivity index (χ3n) is 3.88. The monoisotopic (exact) mass is 340 g/mol. The molecule has 5 nitrogen and oxygen atoms in total. The Bertz CT molecular complexity index is 834. The molecule has 1 aliphatic rings. The Morgan fingerprint density at radius 3 is 2.64 bits per heavy atom. The Morgan fingerprint density at radius 2 is 1.92 bits per heavy atom. The topological polar surface area (TPSA) is 67.4 Å². The van der Waals surface area contributed by atoms with Crippen molar-refractivity contribution < 1.29 is 18.7 Å². The van der Waals surface area contributed by atoms with Gasteiger partial charge in [-0.2, -0.15) is 0 Å². The molecule has 0 saturated carbocycles. The zero-order valence-electron chi connectivity index (χ0n) is 13.6. The molecule has 0 spiro atoms. The maximum atomic E-state index is 13.6. The number of allylic oxidation sites excluding steroid dienone is 1. The first-order chi connectivity index (χ1) is 12.0. The lowest BCUT2D eigenvalue weighted by Crippen LogP contribution is -2.45. The van der Waals surface area contributed by atoms with E-state index in [1.165, 1.54) is 18.2 Å². The number of ether oxygens (including phenoxy) is 1. The summed E-state index contributed by atoms with van der Waals surface area (Å²) in [6, 6.07) is 13.8. The summed E-state index contributed by atoms with van der Waals surface area (Å²) < 4.78 is 18.9. The quantitative estimate of drug-likeness (QED) is 0.840. The van der Waals surface area contributed by atoms with Crippen LogP contribution in [-0.2, 0) is 16.1 Å². The van der Waals surface area contributed by atoms with Gasteiger partial charge < -0.3 is 15.4 Å². The van der Waals surface area contributed by atoms with Crippen LogP contribution in [0.2, 0.25) is 0 Å². The van der Waals surface area contributed by atoms with Gasteiger partial charge in [0.15, 0.2) is 0 Å². The number of rotatable bonds is 4. The predicted molar refractivity (Wildman–Crippen MR) is 89.7 cm³/mol. The minimum atomic E-state index is -0.771. The molecule has 0 aliphatic carbocycles. The van der Waals surface area contributed by atoms with Crippen molar-refractivity contribution in [2.24, 2.45) is 0 Å². The maximum Gasteiger partial charge on any atom is 0.338 e. The van der Waals surface area contributed by atoms with Gasteiger partial charge in [0, 0.05) is 5.70 Å². The van der Waals surface area contributed by atoms with Gasteiger partial charge in [-0.25, -0.2) is 14.0 Å². The van der Waals surface area contributed by atoms with Crippen molar-refractivity contribution in [3.05, 3.63) is 82.8 Å². The number of nitrogens with one attached hydrogen (secondary N) is 2. The van der Waals surface area contributed by atoms with Crippen LogP contribution in [0.4, 0.5) is 9.18 Å². The average Bonchev–Trinajstić information content (AvgIpc) is 2.60. The van der Waals surface area contributed by atoms with Crippen LogP contribution in [0.3, 0.4) is 0 Å². The number of carbonyl (C=O) groups is 2. The third kappa shape index (κ3) is 3.85. The molecule has 1 atom stereocenters. The fourth-order valence-corrected chi connectivity index (χ4v) is 2.70. The van der Waals surface area contributed by atoms with E-state index in [2.05, 4.69) is 10.6 Å². The molecule has 0 unspecified atom stereocenters. The summed E-state index contributed by atoms with van der Waals surface area (Å²) in [7, 11) is 0. The molecule has 0 saturated heterocycles. The first-order valence-electron chi connectivity index (χ1n) is 7.79.